The maximum Gasteiger partial charge on any atom is 0.337 e. The van der Waals surface area contributed by atoms with E-state index in [1.807, 2.05) is 38.1 Å². The first kappa shape index (κ1) is 19.1. The lowest BCUT2D eigenvalue weighted by Crippen LogP contribution is -2.41. The molecule has 0 fully saturated rings. The summed E-state index contributed by atoms with van der Waals surface area (Å²) in [5, 5.41) is 0. The molecule has 2 heterocycles. The number of hydrogen-bond donors (Lipinski definition) is 0. The Labute approximate surface area is 157 Å². The Kier molecular flexibility index (Phi) is 5.32. The minimum Gasteiger partial charge on any atom is -0.383 e. The second kappa shape index (κ2) is 7.52. The number of hydrogen-bond acceptors (Lipinski definition) is 4. The monoisotopic (exact) mass is 370 g/mol. The van der Waals surface area contributed by atoms with Crippen LogP contribution in [0.2, 0.25) is 0 Å². The van der Waals surface area contributed by atoms with Crippen LogP contribution in [0.3, 0.4) is 0 Å². The zero-order valence-electron chi connectivity index (χ0n) is 16.5. The van der Waals surface area contributed by atoms with Gasteiger partial charge in [0.15, 0.2) is 11.2 Å². The van der Waals surface area contributed by atoms with E-state index < -0.39 is 5.69 Å². The topological polar surface area (TPSA) is 71.1 Å². The van der Waals surface area contributed by atoms with Gasteiger partial charge in [-0.25, -0.2) is 14.3 Å². The zero-order chi connectivity index (χ0) is 19.7. The summed E-state index contributed by atoms with van der Waals surface area (Å²) in [4.78, 5) is 30.5. The molecule has 0 aliphatic carbocycles. The zero-order valence-corrected chi connectivity index (χ0v) is 16.5. The van der Waals surface area contributed by atoms with Crippen molar-refractivity contribution in [1.29, 1.82) is 0 Å². The first-order chi connectivity index (χ1) is 12.9. The number of benzene rings is 1. The maximum absolute atomic E-state index is 13.1. The summed E-state index contributed by atoms with van der Waals surface area (Å²) in [6, 6.07) is 7.85. The van der Waals surface area contributed by atoms with Crippen molar-refractivity contribution >= 4 is 11.2 Å². The molecule has 0 aliphatic heterocycles. The molecule has 3 aromatic rings. The molecule has 0 saturated heterocycles. The van der Waals surface area contributed by atoms with Gasteiger partial charge in [0.2, 0.25) is 0 Å². The lowest BCUT2D eigenvalue weighted by molar-refractivity contribution is 0.184. The van der Waals surface area contributed by atoms with Crippen molar-refractivity contribution in [1.82, 2.24) is 18.7 Å². The van der Waals surface area contributed by atoms with Crippen LogP contribution in [-0.4, -0.2) is 32.4 Å². The average Bonchev–Trinajstić information content (AvgIpc) is 3.07. The number of ether oxygens (including phenoxy) is 1. The lowest BCUT2D eigenvalue weighted by atomic mass is 10.0. The third-order valence-corrected chi connectivity index (χ3v) is 4.75. The van der Waals surface area contributed by atoms with Crippen molar-refractivity contribution < 1.29 is 4.74 Å². The molecule has 3 rings (SSSR count). The molecule has 0 spiro atoms. The summed E-state index contributed by atoms with van der Waals surface area (Å²) in [5.41, 5.74) is 1.93. The minimum atomic E-state index is -0.407. The van der Waals surface area contributed by atoms with E-state index in [2.05, 4.69) is 18.8 Å². The number of rotatable bonds is 6. The Morgan fingerprint density at radius 1 is 1.07 bits per heavy atom. The summed E-state index contributed by atoms with van der Waals surface area (Å²) in [6.07, 6.45) is 1.62. The smallest absolute Gasteiger partial charge is 0.337 e. The quantitative estimate of drug-likeness (QED) is 0.669. The molecule has 0 bridgehead atoms. The normalized spacial score (nSPS) is 11.8. The molecule has 0 aliphatic rings. The fourth-order valence-electron chi connectivity index (χ4n) is 3.16. The van der Waals surface area contributed by atoms with Gasteiger partial charge in [0, 0.05) is 13.2 Å². The van der Waals surface area contributed by atoms with E-state index in [1.165, 1.54) is 14.7 Å². The van der Waals surface area contributed by atoms with E-state index in [-0.39, 0.29) is 24.8 Å². The van der Waals surface area contributed by atoms with Crippen molar-refractivity contribution in [2.45, 2.75) is 46.2 Å². The van der Waals surface area contributed by atoms with Crippen molar-refractivity contribution in [2.24, 2.45) is 0 Å². The Hall–Kier alpha value is -2.67. The van der Waals surface area contributed by atoms with E-state index >= 15 is 0 Å². The van der Waals surface area contributed by atoms with Crippen LogP contribution in [0, 0.1) is 0 Å². The summed E-state index contributed by atoms with van der Waals surface area (Å²) in [5.74, 6) is 0.395. The van der Waals surface area contributed by atoms with Gasteiger partial charge in [0.25, 0.3) is 5.56 Å². The van der Waals surface area contributed by atoms with Crippen LogP contribution < -0.4 is 11.2 Å². The predicted molar refractivity (Wildman–Crippen MR) is 106 cm³/mol. The third-order valence-electron chi connectivity index (χ3n) is 4.75. The summed E-state index contributed by atoms with van der Waals surface area (Å²) >= 11 is 0. The highest BCUT2D eigenvalue weighted by atomic mass is 16.5. The van der Waals surface area contributed by atoms with Crippen molar-refractivity contribution in [3.05, 3.63) is 57.0 Å². The number of methoxy groups -OCH3 is 1. The molecule has 0 N–H and O–H groups in total. The fourth-order valence-corrected chi connectivity index (χ4v) is 3.16. The first-order valence-corrected chi connectivity index (χ1v) is 9.18. The van der Waals surface area contributed by atoms with Crippen LogP contribution in [0.1, 0.15) is 45.2 Å². The number of aromatic nitrogens is 4. The third kappa shape index (κ3) is 3.35. The largest absolute Gasteiger partial charge is 0.383 e. The van der Waals surface area contributed by atoms with E-state index in [4.69, 9.17) is 4.74 Å². The molecule has 1 aromatic carbocycles. The molecule has 0 amide bonds. The SMILES string of the molecule is COCCn1c(=O)c2c(ncn2C(C)C)n(-c2ccc(C(C)C)cc2)c1=O. The van der Waals surface area contributed by atoms with E-state index in [0.717, 1.165) is 0 Å². The van der Waals surface area contributed by atoms with Crippen molar-refractivity contribution in [3.8, 4) is 5.69 Å². The number of fused-ring (bicyclic) bond motifs is 1. The molecule has 0 unspecified atom stereocenters. The van der Waals surface area contributed by atoms with Crippen LogP contribution in [0.25, 0.3) is 16.9 Å². The van der Waals surface area contributed by atoms with E-state index in [0.29, 0.717) is 22.8 Å². The van der Waals surface area contributed by atoms with Gasteiger partial charge in [-0.2, -0.15) is 0 Å². The molecule has 7 nitrogen and oxygen atoms in total. The molecule has 2 aromatic heterocycles. The highest BCUT2D eigenvalue weighted by Crippen LogP contribution is 2.19. The fraction of sp³-hybridized carbons (Fsp3) is 0.450. The summed E-state index contributed by atoms with van der Waals surface area (Å²) in [7, 11) is 1.55. The van der Waals surface area contributed by atoms with Crippen molar-refractivity contribution in [3.63, 3.8) is 0 Å². The van der Waals surface area contributed by atoms with Crippen LogP contribution in [-0.2, 0) is 11.3 Å². The summed E-state index contributed by atoms with van der Waals surface area (Å²) < 4.78 is 9.62. The Balaban J connectivity index is 2.33. The van der Waals surface area contributed by atoms with Gasteiger partial charge in [0.1, 0.15) is 0 Å². The second-order valence-corrected chi connectivity index (χ2v) is 7.23. The standard InChI is InChI=1S/C20H26N4O3/c1-13(2)15-6-8-16(9-7-15)24-18-17(23(12-21-18)14(3)4)19(25)22(20(24)26)10-11-27-5/h6-9,12-14H,10-11H2,1-5H3. The molecular formula is C20H26N4O3. The molecule has 0 radical (unpaired) electrons. The van der Waals surface area contributed by atoms with Gasteiger partial charge < -0.3 is 9.30 Å². The number of nitrogens with zero attached hydrogens (tertiary/aromatic N) is 4. The first-order valence-electron chi connectivity index (χ1n) is 9.18. The Bertz CT molecular complexity index is 1060. The molecule has 0 saturated carbocycles. The molecule has 0 atom stereocenters. The Morgan fingerprint density at radius 3 is 2.30 bits per heavy atom. The van der Waals surface area contributed by atoms with Gasteiger partial charge in [-0.3, -0.25) is 9.36 Å². The molecule has 7 heteroatoms. The van der Waals surface area contributed by atoms with Crippen LogP contribution in [0.15, 0.2) is 40.2 Å². The number of imidazole rings is 1. The van der Waals surface area contributed by atoms with Gasteiger partial charge in [-0.1, -0.05) is 26.0 Å². The minimum absolute atomic E-state index is 0.0489. The van der Waals surface area contributed by atoms with E-state index in [1.54, 1.807) is 18.0 Å². The second-order valence-electron chi connectivity index (χ2n) is 7.23. The van der Waals surface area contributed by atoms with E-state index in [9.17, 15) is 9.59 Å². The van der Waals surface area contributed by atoms with Gasteiger partial charge in [-0.15, -0.1) is 0 Å². The maximum atomic E-state index is 13.1. The Morgan fingerprint density at radius 2 is 1.74 bits per heavy atom. The van der Waals surface area contributed by atoms with Crippen LogP contribution >= 0.6 is 0 Å². The lowest BCUT2D eigenvalue weighted by Gasteiger charge is -2.14. The molecule has 144 valence electrons. The molecular weight excluding hydrogens is 344 g/mol. The van der Waals surface area contributed by atoms with Gasteiger partial charge >= 0.3 is 5.69 Å². The van der Waals surface area contributed by atoms with Gasteiger partial charge in [-0.05, 0) is 37.5 Å². The predicted octanol–water partition coefficient (Wildman–Crippen LogP) is 2.70. The van der Waals surface area contributed by atoms with Gasteiger partial charge in [0.05, 0.1) is 25.2 Å². The van der Waals surface area contributed by atoms with Crippen LogP contribution in [0.4, 0.5) is 0 Å². The highest BCUT2D eigenvalue weighted by molar-refractivity contribution is 5.72. The summed E-state index contributed by atoms with van der Waals surface area (Å²) in [6.45, 7) is 8.67. The average molecular weight is 370 g/mol. The highest BCUT2D eigenvalue weighted by Gasteiger charge is 2.20. The molecule has 27 heavy (non-hydrogen) atoms. The van der Waals surface area contributed by atoms with Crippen molar-refractivity contribution in [2.75, 3.05) is 13.7 Å². The van der Waals surface area contributed by atoms with Crippen LogP contribution in [0.5, 0.6) is 0 Å².